The van der Waals surface area contributed by atoms with Crippen LogP contribution in [0, 0.1) is 5.92 Å². The maximum absolute atomic E-state index is 12.1. The number of hydrogen-bond acceptors (Lipinski definition) is 2. The van der Waals surface area contributed by atoms with Crippen LogP contribution in [-0.2, 0) is 17.6 Å². The van der Waals surface area contributed by atoms with Gasteiger partial charge in [0.25, 0.3) is 0 Å². The SMILES string of the molecule is FC(F)(F)c1ccn(COCC2CC2)n1. The third-order valence-electron chi connectivity index (χ3n) is 2.21. The second-order valence-electron chi connectivity index (χ2n) is 3.68. The maximum Gasteiger partial charge on any atom is 0.435 e. The highest BCUT2D eigenvalue weighted by atomic mass is 19.4. The molecular formula is C9H11F3N2O. The Bertz CT molecular complexity index is 330. The number of halogens is 3. The Morgan fingerprint density at radius 3 is 2.73 bits per heavy atom. The molecule has 1 aliphatic carbocycles. The van der Waals surface area contributed by atoms with E-state index in [2.05, 4.69) is 5.10 Å². The first-order valence-electron chi connectivity index (χ1n) is 4.74. The van der Waals surface area contributed by atoms with Crippen LogP contribution in [0.1, 0.15) is 18.5 Å². The molecule has 0 spiro atoms. The predicted octanol–water partition coefficient (Wildman–Crippen LogP) is 2.29. The van der Waals surface area contributed by atoms with Gasteiger partial charge in [-0.3, -0.25) is 0 Å². The maximum atomic E-state index is 12.1. The first kappa shape index (κ1) is 10.5. The fourth-order valence-corrected chi connectivity index (χ4v) is 1.18. The standard InChI is InChI=1S/C9H11F3N2O/c10-9(11,12)8-3-4-14(13-8)6-15-5-7-1-2-7/h3-4,7H,1-2,5-6H2. The molecule has 1 aliphatic rings. The van der Waals surface area contributed by atoms with E-state index in [4.69, 9.17) is 4.74 Å². The van der Waals surface area contributed by atoms with Crippen molar-refractivity contribution < 1.29 is 17.9 Å². The van der Waals surface area contributed by atoms with Crippen LogP contribution in [0.5, 0.6) is 0 Å². The zero-order chi connectivity index (χ0) is 10.9. The molecule has 1 aromatic rings. The molecule has 0 unspecified atom stereocenters. The van der Waals surface area contributed by atoms with Crippen molar-refractivity contribution in [1.29, 1.82) is 0 Å². The van der Waals surface area contributed by atoms with Gasteiger partial charge in [-0.2, -0.15) is 18.3 Å². The van der Waals surface area contributed by atoms with E-state index in [0.717, 1.165) is 23.6 Å². The molecule has 1 saturated carbocycles. The average molecular weight is 220 g/mol. The van der Waals surface area contributed by atoms with E-state index in [1.807, 2.05) is 0 Å². The molecule has 1 fully saturated rings. The van der Waals surface area contributed by atoms with Gasteiger partial charge in [-0.25, -0.2) is 4.68 Å². The van der Waals surface area contributed by atoms with Crippen molar-refractivity contribution in [2.24, 2.45) is 5.92 Å². The molecule has 0 N–H and O–H groups in total. The minimum absolute atomic E-state index is 0.0899. The van der Waals surface area contributed by atoms with Gasteiger partial charge in [0.15, 0.2) is 5.69 Å². The Kier molecular flexibility index (Phi) is 2.68. The molecule has 0 bridgehead atoms. The second-order valence-corrected chi connectivity index (χ2v) is 3.68. The third kappa shape index (κ3) is 2.95. The second kappa shape index (κ2) is 3.84. The zero-order valence-corrected chi connectivity index (χ0v) is 8.00. The van der Waals surface area contributed by atoms with Gasteiger partial charge in [0.2, 0.25) is 0 Å². The summed E-state index contributed by atoms with van der Waals surface area (Å²) in [7, 11) is 0. The van der Waals surface area contributed by atoms with Crippen LogP contribution in [-0.4, -0.2) is 16.4 Å². The fourth-order valence-electron chi connectivity index (χ4n) is 1.18. The van der Waals surface area contributed by atoms with Gasteiger partial charge in [-0.15, -0.1) is 0 Å². The summed E-state index contributed by atoms with van der Waals surface area (Å²) < 4.78 is 42.8. The Morgan fingerprint density at radius 1 is 1.47 bits per heavy atom. The molecule has 0 amide bonds. The first-order valence-corrected chi connectivity index (χ1v) is 4.74. The number of alkyl halides is 3. The highest BCUT2D eigenvalue weighted by Gasteiger charge is 2.33. The average Bonchev–Trinajstić information content (AvgIpc) is 2.80. The summed E-state index contributed by atoms with van der Waals surface area (Å²) in [6.07, 6.45) is -0.780. The van der Waals surface area contributed by atoms with Crippen molar-refractivity contribution in [3.63, 3.8) is 0 Å². The smallest absolute Gasteiger partial charge is 0.359 e. The number of aromatic nitrogens is 2. The molecule has 0 aliphatic heterocycles. The number of hydrogen-bond donors (Lipinski definition) is 0. The van der Waals surface area contributed by atoms with E-state index in [1.54, 1.807) is 0 Å². The van der Waals surface area contributed by atoms with Crippen molar-refractivity contribution in [3.05, 3.63) is 18.0 Å². The lowest BCUT2D eigenvalue weighted by atomic mass is 10.4. The van der Waals surface area contributed by atoms with Gasteiger partial charge in [-0.1, -0.05) is 0 Å². The fraction of sp³-hybridized carbons (Fsp3) is 0.667. The molecule has 1 aromatic heterocycles. The predicted molar refractivity (Wildman–Crippen MR) is 45.9 cm³/mol. The summed E-state index contributed by atoms with van der Waals surface area (Å²) in [6.45, 7) is 0.702. The van der Waals surface area contributed by atoms with Crippen molar-refractivity contribution >= 4 is 0 Å². The molecule has 6 heteroatoms. The van der Waals surface area contributed by atoms with Crippen LogP contribution < -0.4 is 0 Å². The minimum atomic E-state index is -4.37. The molecule has 0 aromatic carbocycles. The third-order valence-corrected chi connectivity index (χ3v) is 2.21. The van der Waals surface area contributed by atoms with Gasteiger partial charge in [-0.05, 0) is 24.8 Å². The van der Waals surface area contributed by atoms with Crippen LogP contribution >= 0.6 is 0 Å². The summed E-state index contributed by atoms with van der Waals surface area (Å²) in [5.41, 5.74) is -0.877. The van der Waals surface area contributed by atoms with Gasteiger partial charge >= 0.3 is 6.18 Å². The molecular weight excluding hydrogens is 209 g/mol. The minimum Gasteiger partial charge on any atom is -0.359 e. The molecule has 84 valence electrons. The summed E-state index contributed by atoms with van der Waals surface area (Å²) in [4.78, 5) is 0. The highest BCUT2D eigenvalue weighted by Crippen LogP contribution is 2.29. The van der Waals surface area contributed by atoms with Crippen LogP contribution in [0.25, 0.3) is 0 Å². The van der Waals surface area contributed by atoms with Crippen LogP contribution in [0.15, 0.2) is 12.3 Å². The van der Waals surface area contributed by atoms with Crippen LogP contribution in [0.3, 0.4) is 0 Å². The molecule has 0 saturated heterocycles. The Morgan fingerprint density at radius 2 is 2.20 bits per heavy atom. The number of ether oxygens (including phenoxy) is 1. The van der Waals surface area contributed by atoms with Crippen molar-refractivity contribution in [2.45, 2.75) is 25.7 Å². The Labute approximate surface area is 84.8 Å². The van der Waals surface area contributed by atoms with Gasteiger partial charge in [0, 0.05) is 6.20 Å². The van der Waals surface area contributed by atoms with E-state index in [9.17, 15) is 13.2 Å². The summed E-state index contributed by atoms with van der Waals surface area (Å²) in [5, 5.41) is 3.37. The normalized spacial score (nSPS) is 17.0. The Balaban J connectivity index is 1.83. The van der Waals surface area contributed by atoms with Crippen molar-refractivity contribution in [2.75, 3.05) is 6.61 Å². The van der Waals surface area contributed by atoms with E-state index >= 15 is 0 Å². The van der Waals surface area contributed by atoms with Crippen LogP contribution in [0.2, 0.25) is 0 Å². The van der Waals surface area contributed by atoms with E-state index in [0.29, 0.717) is 12.5 Å². The Hall–Kier alpha value is -1.04. The van der Waals surface area contributed by atoms with E-state index < -0.39 is 11.9 Å². The monoisotopic (exact) mass is 220 g/mol. The summed E-state index contributed by atoms with van der Waals surface area (Å²) in [6, 6.07) is 0.945. The van der Waals surface area contributed by atoms with Gasteiger partial charge < -0.3 is 4.74 Å². The van der Waals surface area contributed by atoms with Crippen LogP contribution in [0.4, 0.5) is 13.2 Å². The van der Waals surface area contributed by atoms with Gasteiger partial charge in [0.1, 0.15) is 6.73 Å². The summed E-state index contributed by atoms with van der Waals surface area (Å²) >= 11 is 0. The van der Waals surface area contributed by atoms with Crippen molar-refractivity contribution in [1.82, 2.24) is 9.78 Å². The van der Waals surface area contributed by atoms with Gasteiger partial charge in [0.05, 0.1) is 6.61 Å². The quantitative estimate of drug-likeness (QED) is 0.778. The lowest BCUT2D eigenvalue weighted by Gasteiger charge is -2.03. The lowest BCUT2D eigenvalue weighted by Crippen LogP contribution is -2.09. The highest BCUT2D eigenvalue weighted by molar-refractivity contribution is 5.02. The number of nitrogens with zero attached hydrogens (tertiary/aromatic N) is 2. The zero-order valence-electron chi connectivity index (χ0n) is 8.00. The topological polar surface area (TPSA) is 27.1 Å². The number of rotatable bonds is 4. The molecule has 15 heavy (non-hydrogen) atoms. The summed E-state index contributed by atoms with van der Waals surface area (Å²) in [5.74, 6) is 0.600. The molecule has 2 rings (SSSR count). The first-order chi connectivity index (χ1) is 7.05. The van der Waals surface area contributed by atoms with Crippen molar-refractivity contribution in [3.8, 4) is 0 Å². The van der Waals surface area contributed by atoms with E-state index in [1.165, 1.54) is 6.20 Å². The molecule has 1 heterocycles. The molecule has 0 atom stereocenters. The van der Waals surface area contributed by atoms with E-state index in [-0.39, 0.29) is 6.73 Å². The largest absolute Gasteiger partial charge is 0.435 e. The molecule has 0 radical (unpaired) electrons. The molecule has 3 nitrogen and oxygen atoms in total. The lowest BCUT2D eigenvalue weighted by molar-refractivity contribution is -0.141.